The van der Waals surface area contributed by atoms with Crippen LogP contribution in [0, 0.1) is 6.92 Å². The Balaban J connectivity index is 2.24. The number of hydrogen-bond donors (Lipinski definition) is 1. The number of aryl methyl sites for hydroxylation is 1. The van der Waals surface area contributed by atoms with Gasteiger partial charge in [-0.05, 0) is 42.8 Å². The van der Waals surface area contributed by atoms with Crippen LogP contribution >= 0.6 is 10.7 Å². The SMILES string of the molecule is Cc1cc(NC(=O)c2ccccc2)ccc1S(=O)(=O)Cl. The van der Waals surface area contributed by atoms with E-state index in [1.54, 1.807) is 37.3 Å². The van der Waals surface area contributed by atoms with Crippen LogP contribution in [0.5, 0.6) is 0 Å². The fourth-order valence-electron chi connectivity index (χ4n) is 1.79. The van der Waals surface area contributed by atoms with Crippen molar-refractivity contribution in [1.82, 2.24) is 0 Å². The highest BCUT2D eigenvalue weighted by Crippen LogP contribution is 2.23. The lowest BCUT2D eigenvalue weighted by Gasteiger charge is -2.08. The maximum atomic E-state index is 12.0. The van der Waals surface area contributed by atoms with Crippen molar-refractivity contribution in [3.63, 3.8) is 0 Å². The third-order valence-electron chi connectivity index (χ3n) is 2.73. The zero-order valence-electron chi connectivity index (χ0n) is 10.6. The van der Waals surface area contributed by atoms with Gasteiger partial charge in [-0.1, -0.05) is 18.2 Å². The molecule has 6 heteroatoms. The number of anilines is 1. The number of carbonyl (C=O) groups excluding carboxylic acids is 1. The molecule has 0 unspecified atom stereocenters. The second-order valence-electron chi connectivity index (χ2n) is 4.24. The van der Waals surface area contributed by atoms with Gasteiger partial charge in [-0.15, -0.1) is 0 Å². The standard InChI is InChI=1S/C14H12ClNO3S/c1-10-9-12(7-8-13(10)20(15,18)19)16-14(17)11-5-3-2-4-6-11/h2-9H,1H3,(H,16,17). The van der Waals surface area contributed by atoms with E-state index < -0.39 is 9.05 Å². The number of benzene rings is 2. The molecule has 0 radical (unpaired) electrons. The number of hydrogen-bond acceptors (Lipinski definition) is 3. The Kier molecular flexibility index (Phi) is 4.11. The molecular formula is C14H12ClNO3S. The van der Waals surface area contributed by atoms with Gasteiger partial charge < -0.3 is 5.32 Å². The molecule has 2 rings (SSSR count). The first-order chi connectivity index (χ1) is 9.38. The molecule has 0 atom stereocenters. The average molecular weight is 310 g/mol. The van der Waals surface area contributed by atoms with Crippen LogP contribution < -0.4 is 5.32 Å². The van der Waals surface area contributed by atoms with E-state index in [1.807, 2.05) is 6.07 Å². The summed E-state index contributed by atoms with van der Waals surface area (Å²) in [5, 5.41) is 2.70. The first-order valence-corrected chi connectivity index (χ1v) is 8.10. The summed E-state index contributed by atoms with van der Waals surface area (Å²) in [6.07, 6.45) is 0. The second-order valence-corrected chi connectivity index (χ2v) is 6.77. The highest BCUT2D eigenvalue weighted by atomic mass is 35.7. The summed E-state index contributed by atoms with van der Waals surface area (Å²) in [6.45, 7) is 1.62. The molecular weight excluding hydrogens is 298 g/mol. The minimum atomic E-state index is -3.77. The highest BCUT2D eigenvalue weighted by molar-refractivity contribution is 8.13. The van der Waals surface area contributed by atoms with Crippen LogP contribution in [-0.2, 0) is 9.05 Å². The Labute approximate surface area is 121 Å². The smallest absolute Gasteiger partial charge is 0.261 e. The van der Waals surface area contributed by atoms with Crippen LogP contribution in [0.15, 0.2) is 53.4 Å². The molecule has 0 saturated carbocycles. The van der Waals surface area contributed by atoms with Crippen LogP contribution in [-0.4, -0.2) is 14.3 Å². The fourth-order valence-corrected chi connectivity index (χ4v) is 2.99. The summed E-state index contributed by atoms with van der Waals surface area (Å²) in [4.78, 5) is 12.0. The van der Waals surface area contributed by atoms with Crippen molar-refractivity contribution in [3.05, 3.63) is 59.7 Å². The van der Waals surface area contributed by atoms with Gasteiger partial charge in [-0.25, -0.2) is 8.42 Å². The van der Waals surface area contributed by atoms with E-state index in [0.29, 0.717) is 16.8 Å². The van der Waals surface area contributed by atoms with Crippen LogP contribution in [0.4, 0.5) is 5.69 Å². The Morgan fingerprint density at radius 1 is 1.10 bits per heavy atom. The number of halogens is 1. The number of rotatable bonds is 3. The van der Waals surface area contributed by atoms with Crippen LogP contribution in [0.3, 0.4) is 0 Å². The van der Waals surface area contributed by atoms with Crippen molar-refractivity contribution in [2.75, 3.05) is 5.32 Å². The molecule has 1 N–H and O–H groups in total. The largest absolute Gasteiger partial charge is 0.322 e. The Bertz CT molecular complexity index is 742. The van der Waals surface area contributed by atoms with Crippen molar-refractivity contribution in [1.29, 1.82) is 0 Å². The summed E-state index contributed by atoms with van der Waals surface area (Å²) in [5.74, 6) is -0.258. The van der Waals surface area contributed by atoms with Crippen molar-refractivity contribution < 1.29 is 13.2 Å². The molecule has 0 spiro atoms. The van der Waals surface area contributed by atoms with Crippen LogP contribution in [0.1, 0.15) is 15.9 Å². The first-order valence-electron chi connectivity index (χ1n) is 5.79. The van der Waals surface area contributed by atoms with Crippen molar-refractivity contribution in [2.45, 2.75) is 11.8 Å². The molecule has 20 heavy (non-hydrogen) atoms. The first kappa shape index (κ1) is 14.6. The molecule has 0 aliphatic heterocycles. The third kappa shape index (κ3) is 3.37. The predicted molar refractivity (Wildman–Crippen MR) is 78.6 cm³/mol. The molecule has 2 aromatic carbocycles. The molecule has 0 aliphatic carbocycles. The molecule has 1 amide bonds. The lowest BCUT2D eigenvalue weighted by molar-refractivity contribution is 0.102. The Morgan fingerprint density at radius 2 is 1.75 bits per heavy atom. The average Bonchev–Trinajstić information content (AvgIpc) is 2.38. The number of carbonyl (C=O) groups is 1. The lowest BCUT2D eigenvalue weighted by Crippen LogP contribution is -2.12. The van der Waals surface area contributed by atoms with Crippen LogP contribution in [0.25, 0.3) is 0 Å². The second kappa shape index (κ2) is 5.64. The van der Waals surface area contributed by atoms with E-state index in [9.17, 15) is 13.2 Å². The molecule has 0 saturated heterocycles. The zero-order chi connectivity index (χ0) is 14.8. The summed E-state index contributed by atoms with van der Waals surface area (Å²) in [7, 11) is 1.53. The van der Waals surface area contributed by atoms with Crippen molar-refractivity contribution >= 4 is 31.3 Å². The van der Waals surface area contributed by atoms with E-state index in [4.69, 9.17) is 10.7 Å². The maximum absolute atomic E-state index is 12.0. The van der Waals surface area contributed by atoms with E-state index >= 15 is 0 Å². The minimum Gasteiger partial charge on any atom is -0.322 e. The van der Waals surface area contributed by atoms with E-state index in [1.165, 1.54) is 12.1 Å². The Morgan fingerprint density at radius 3 is 2.30 bits per heavy atom. The highest BCUT2D eigenvalue weighted by Gasteiger charge is 2.14. The third-order valence-corrected chi connectivity index (χ3v) is 4.21. The summed E-state index contributed by atoms with van der Waals surface area (Å²) in [5.41, 5.74) is 1.52. The molecule has 0 fully saturated rings. The maximum Gasteiger partial charge on any atom is 0.261 e. The van der Waals surface area contributed by atoms with Gasteiger partial charge in [0, 0.05) is 21.9 Å². The van der Waals surface area contributed by atoms with Crippen LogP contribution in [0.2, 0.25) is 0 Å². The van der Waals surface area contributed by atoms with E-state index in [-0.39, 0.29) is 10.8 Å². The molecule has 0 bridgehead atoms. The predicted octanol–water partition coefficient (Wildman–Crippen LogP) is 3.17. The quantitative estimate of drug-likeness (QED) is 0.886. The molecule has 0 aliphatic rings. The number of amides is 1. The zero-order valence-corrected chi connectivity index (χ0v) is 12.2. The monoisotopic (exact) mass is 309 g/mol. The summed E-state index contributed by atoms with van der Waals surface area (Å²) >= 11 is 0. The molecule has 4 nitrogen and oxygen atoms in total. The fraction of sp³-hybridized carbons (Fsp3) is 0.0714. The van der Waals surface area contributed by atoms with Gasteiger partial charge in [0.1, 0.15) is 0 Å². The molecule has 0 aromatic heterocycles. The van der Waals surface area contributed by atoms with E-state index in [0.717, 1.165) is 0 Å². The van der Waals surface area contributed by atoms with Crippen molar-refractivity contribution in [2.24, 2.45) is 0 Å². The van der Waals surface area contributed by atoms with E-state index in [2.05, 4.69) is 5.32 Å². The minimum absolute atomic E-state index is 0.0388. The van der Waals surface area contributed by atoms with Gasteiger partial charge in [-0.3, -0.25) is 4.79 Å². The van der Waals surface area contributed by atoms with Gasteiger partial charge >= 0.3 is 0 Å². The molecule has 0 heterocycles. The topological polar surface area (TPSA) is 63.2 Å². The normalized spacial score (nSPS) is 11.1. The lowest BCUT2D eigenvalue weighted by atomic mass is 10.2. The van der Waals surface area contributed by atoms with Gasteiger partial charge in [0.25, 0.3) is 15.0 Å². The summed E-state index contributed by atoms with van der Waals surface area (Å²) < 4.78 is 22.6. The number of nitrogens with one attached hydrogen (secondary N) is 1. The molecule has 2 aromatic rings. The summed E-state index contributed by atoms with van der Waals surface area (Å²) in [6, 6.07) is 13.2. The van der Waals surface area contributed by atoms with Gasteiger partial charge in [0.15, 0.2) is 0 Å². The Hall–Kier alpha value is -1.85. The van der Waals surface area contributed by atoms with Gasteiger partial charge in [-0.2, -0.15) is 0 Å². The van der Waals surface area contributed by atoms with Gasteiger partial charge in [0.05, 0.1) is 4.90 Å². The van der Waals surface area contributed by atoms with Crippen molar-refractivity contribution in [3.8, 4) is 0 Å². The molecule has 104 valence electrons. The van der Waals surface area contributed by atoms with Gasteiger partial charge in [0.2, 0.25) is 0 Å².